The second-order valence-corrected chi connectivity index (χ2v) is 6.78. The molecule has 25 heavy (non-hydrogen) atoms. The van der Waals surface area contributed by atoms with Gasteiger partial charge in [0.25, 0.3) is 0 Å². The summed E-state index contributed by atoms with van der Waals surface area (Å²) in [6.07, 6.45) is 4.02. The highest BCUT2D eigenvalue weighted by Crippen LogP contribution is 2.19. The van der Waals surface area contributed by atoms with Crippen LogP contribution in [0.2, 0.25) is 5.02 Å². The van der Waals surface area contributed by atoms with Crippen molar-refractivity contribution in [3.8, 4) is 11.4 Å². The third kappa shape index (κ3) is 4.80. The van der Waals surface area contributed by atoms with Crippen LogP contribution in [0.3, 0.4) is 0 Å². The Morgan fingerprint density at radius 3 is 2.96 bits per heavy atom. The Bertz CT molecular complexity index is 701. The molecule has 1 aliphatic rings. The number of halogens is 1. The van der Waals surface area contributed by atoms with Gasteiger partial charge in [-0.15, -0.1) is 0 Å². The second kappa shape index (κ2) is 8.45. The van der Waals surface area contributed by atoms with Crippen molar-refractivity contribution in [2.75, 3.05) is 20.1 Å². The number of benzene rings is 1. The molecule has 1 atom stereocenters. The Hall–Kier alpha value is -1.92. The Morgan fingerprint density at radius 1 is 1.40 bits per heavy atom. The minimum atomic E-state index is 0.206. The first-order valence-corrected chi connectivity index (χ1v) is 9.07. The highest BCUT2D eigenvalue weighted by molar-refractivity contribution is 6.30. The number of aromatic nitrogens is 2. The first-order valence-electron chi connectivity index (χ1n) is 8.69. The fourth-order valence-corrected chi connectivity index (χ4v) is 3.19. The summed E-state index contributed by atoms with van der Waals surface area (Å²) in [5, 5.41) is 7.92. The van der Waals surface area contributed by atoms with Gasteiger partial charge in [-0.2, -0.15) is 4.98 Å². The van der Waals surface area contributed by atoms with Gasteiger partial charge in [-0.25, -0.2) is 0 Å². The average molecular weight is 363 g/mol. The number of hydrogen-bond acceptors (Lipinski definition) is 5. The summed E-state index contributed by atoms with van der Waals surface area (Å²) in [7, 11) is 1.95. The van der Waals surface area contributed by atoms with Crippen molar-refractivity contribution in [2.24, 2.45) is 0 Å². The zero-order valence-corrected chi connectivity index (χ0v) is 15.1. The van der Waals surface area contributed by atoms with Gasteiger partial charge in [-0.3, -0.25) is 4.79 Å². The molecule has 1 aliphatic heterocycles. The van der Waals surface area contributed by atoms with Gasteiger partial charge < -0.3 is 14.7 Å². The summed E-state index contributed by atoms with van der Waals surface area (Å²) in [4.78, 5) is 18.7. The molecule has 0 aliphatic carbocycles. The summed E-state index contributed by atoms with van der Waals surface area (Å²) < 4.78 is 5.28. The van der Waals surface area contributed by atoms with E-state index in [1.54, 1.807) is 12.1 Å². The first-order chi connectivity index (χ1) is 12.2. The van der Waals surface area contributed by atoms with E-state index < -0.39 is 0 Å². The summed E-state index contributed by atoms with van der Waals surface area (Å²) in [5.74, 6) is 1.31. The monoisotopic (exact) mass is 362 g/mol. The summed E-state index contributed by atoms with van der Waals surface area (Å²) >= 11 is 5.88. The van der Waals surface area contributed by atoms with Gasteiger partial charge in [0, 0.05) is 42.6 Å². The molecule has 1 amide bonds. The third-order valence-corrected chi connectivity index (χ3v) is 4.79. The first kappa shape index (κ1) is 17.9. The maximum absolute atomic E-state index is 12.3. The maximum Gasteiger partial charge on any atom is 0.226 e. The highest BCUT2D eigenvalue weighted by Gasteiger charge is 2.22. The van der Waals surface area contributed by atoms with E-state index >= 15 is 0 Å². The van der Waals surface area contributed by atoms with Gasteiger partial charge in [0.05, 0.1) is 0 Å². The summed E-state index contributed by atoms with van der Waals surface area (Å²) in [5.41, 5.74) is 0.863. The van der Waals surface area contributed by atoms with Crippen molar-refractivity contribution in [2.45, 2.75) is 38.1 Å². The largest absolute Gasteiger partial charge is 0.341 e. The summed E-state index contributed by atoms with van der Waals surface area (Å²) in [6, 6.07) is 7.71. The van der Waals surface area contributed by atoms with Gasteiger partial charge in [0.1, 0.15) is 0 Å². The van der Waals surface area contributed by atoms with E-state index in [1.165, 1.54) is 0 Å². The number of amides is 1. The van der Waals surface area contributed by atoms with Crippen LogP contribution < -0.4 is 5.32 Å². The molecular formula is C18H23ClN4O2. The quantitative estimate of drug-likeness (QED) is 0.855. The van der Waals surface area contributed by atoms with Crippen LogP contribution in [0.25, 0.3) is 11.4 Å². The minimum absolute atomic E-state index is 0.206. The number of likely N-dealkylation sites (N-methyl/N-ethyl adjacent to an activating group) is 1. The van der Waals surface area contributed by atoms with Crippen LogP contribution in [-0.2, 0) is 11.2 Å². The molecule has 0 saturated carbocycles. The van der Waals surface area contributed by atoms with Crippen molar-refractivity contribution >= 4 is 17.5 Å². The molecule has 1 aromatic heterocycles. The molecule has 0 radical (unpaired) electrons. The molecule has 2 aromatic rings. The Kier molecular flexibility index (Phi) is 6.04. The van der Waals surface area contributed by atoms with E-state index in [-0.39, 0.29) is 5.91 Å². The van der Waals surface area contributed by atoms with E-state index in [2.05, 4.69) is 15.5 Å². The standard InChI is InChI=1S/C18H23ClN4O2/c1-20-15-4-3-11-23(12-15)17(24)6-2-5-16-21-18(22-25-16)13-7-9-14(19)10-8-13/h7-10,15,20H,2-6,11-12H2,1H3. The molecular weight excluding hydrogens is 340 g/mol. The lowest BCUT2D eigenvalue weighted by molar-refractivity contribution is -0.132. The average Bonchev–Trinajstić information content (AvgIpc) is 3.11. The van der Waals surface area contributed by atoms with Crippen molar-refractivity contribution < 1.29 is 9.32 Å². The van der Waals surface area contributed by atoms with Crippen molar-refractivity contribution in [3.05, 3.63) is 35.2 Å². The Morgan fingerprint density at radius 2 is 2.20 bits per heavy atom. The number of likely N-dealkylation sites (tertiary alicyclic amines) is 1. The van der Waals surface area contributed by atoms with Crippen LogP contribution in [0.1, 0.15) is 31.6 Å². The van der Waals surface area contributed by atoms with Crippen LogP contribution in [0, 0.1) is 0 Å². The highest BCUT2D eigenvalue weighted by atomic mass is 35.5. The maximum atomic E-state index is 12.3. The van der Waals surface area contributed by atoms with Gasteiger partial charge >= 0.3 is 0 Å². The SMILES string of the molecule is CNC1CCCN(C(=O)CCCc2nc(-c3ccc(Cl)cc3)no2)C1. The molecule has 6 nitrogen and oxygen atoms in total. The van der Waals surface area contributed by atoms with Gasteiger partial charge in [-0.1, -0.05) is 16.8 Å². The lowest BCUT2D eigenvalue weighted by atomic mass is 10.1. The molecule has 3 rings (SSSR count). The number of aryl methyl sites for hydroxylation is 1. The van der Waals surface area contributed by atoms with Crippen LogP contribution >= 0.6 is 11.6 Å². The van der Waals surface area contributed by atoms with Crippen LogP contribution in [0.15, 0.2) is 28.8 Å². The van der Waals surface area contributed by atoms with Crippen LogP contribution in [0.5, 0.6) is 0 Å². The fraction of sp³-hybridized carbons (Fsp3) is 0.500. The number of nitrogens with zero attached hydrogens (tertiary/aromatic N) is 3. The van der Waals surface area contributed by atoms with Gasteiger partial charge in [0.2, 0.25) is 17.6 Å². The number of piperidine rings is 1. The zero-order valence-electron chi connectivity index (χ0n) is 14.4. The smallest absolute Gasteiger partial charge is 0.226 e. The van der Waals surface area contributed by atoms with E-state index in [4.69, 9.17) is 16.1 Å². The molecule has 1 fully saturated rings. The van der Waals surface area contributed by atoms with Crippen molar-refractivity contribution in [3.63, 3.8) is 0 Å². The normalized spacial score (nSPS) is 17.7. The van der Waals surface area contributed by atoms with E-state index in [1.807, 2.05) is 24.1 Å². The topological polar surface area (TPSA) is 71.3 Å². The van der Waals surface area contributed by atoms with Crippen LogP contribution in [0.4, 0.5) is 0 Å². The van der Waals surface area contributed by atoms with E-state index in [0.29, 0.717) is 42.0 Å². The van der Waals surface area contributed by atoms with Gasteiger partial charge in [0.15, 0.2) is 0 Å². The molecule has 7 heteroatoms. The van der Waals surface area contributed by atoms with E-state index in [0.717, 1.165) is 31.5 Å². The predicted octanol–water partition coefficient (Wildman–Crippen LogP) is 2.92. The minimum Gasteiger partial charge on any atom is -0.341 e. The van der Waals surface area contributed by atoms with Crippen molar-refractivity contribution in [1.29, 1.82) is 0 Å². The fourth-order valence-electron chi connectivity index (χ4n) is 3.06. The van der Waals surface area contributed by atoms with E-state index in [9.17, 15) is 4.79 Å². The summed E-state index contributed by atoms with van der Waals surface area (Å²) in [6.45, 7) is 1.66. The van der Waals surface area contributed by atoms with Crippen LogP contribution in [-0.4, -0.2) is 47.1 Å². The number of nitrogens with one attached hydrogen (secondary N) is 1. The molecule has 134 valence electrons. The Balaban J connectivity index is 1.47. The molecule has 0 spiro atoms. The molecule has 1 saturated heterocycles. The lowest BCUT2D eigenvalue weighted by Gasteiger charge is -2.32. The number of carbonyl (C=O) groups is 1. The molecule has 2 heterocycles. The van der Waals surface area contributed by atoms with Crippen molar-refractivity contribution in [1.82, 2.24) is 20.4 Å². The number of rotatable bonds is 6. The predicted molar refractivity (Wildman–Crippen MR) is 96.3 cm³/mol. The molecule has 1 unspecified atom stereocenters. The second-order valence-electron chi connectivity index (χ2n) is 6.34. The van der Waals surface area contributed by atoms with Gasteiger partial charge in [-0.05, 0) is 50.6 Å². The number of carbonyl (C=O) groups excluding carboxylic acids is 1. The zero-order chi connectivity index (χ0) is 17.6. The molecule has 1 aromatic carbocycles. The third-order valence-electron chi connectivity index (χ3n) is 4.53. The lowest BCUT2D eigenvalue weighted by Crippen LogP contribution is -2.46. The molecule has 1 N–H and O–H groups in total. The number of hydrogen-bond donors (Lipinski definition) is 1. The molecule has 0 bridgehead atoms. The Labute approximate surface area is 152 Å².